The zero-order valence-corrected chi connectivity index (χ0v) is 11.2. The van der Waals surface area contributed by atoms with E-state index in [1.54, 1.807) is 0 Å². The van der Waals surface area contributed by atoms with Gasteiger partial charge in [-0.3, -0.25) is 9.80 Å². The van der Waals surface area contributed by atoms with Crippen LogP contribution >= 0.6 is 0 Å². The molecule has 2 atom stereocenters. The van der Waals surface area contributed by atoms with Crippen molar-refractivity contribution in [3.63, 3.8) is 0 Å². The third-order valence-corrected chi connectivity index (χ3v) is 5.46. The zero-order valence-electron chi connectivity index (χ0n) is 11.2. The van der Waals surface area contributed by atoms with Crippen molar-refractivity contribution in [2.24, 2.45) is 5.73 Å². The van der Waals surface area contributed by atoms with Crippen LogP contribution in [-0.2, 0) is 0 Å². The lowest BCUT2D eigenvalue weighted by Crippen LogP contribution is -2.64. The van der Waals surface area contributed by atoms with E-state index >= 15 is 0 Å². The average Bonchev–Trinajstić information content (AvgIpc) is 2.95. The van der Waals surface area contributed by atoms with E-state index < -0.39 is 0 Å². The monoisotopic (exact) mass is 237 g/mol. The molecule has 0 aromatic rings. The molecular formula is C14H27N3. The summed E-state index contributed by atoms with van der Waals surface area (Å²) in [6, 6.07) is 1.53. The fraction of sp³-hybridized carbons (Fsp3) is 1.00. The number of fused-ring (bicyclic) bond motifs is 1. The highest BCUT2D eigenvalue weighted by molar-refractivity contribution is 5.02. The first-order valence-electron chi connectivity index (χ1n) is 7.46. The van der Waals surface area contributed by atoms with Crippen LogP contribution in [0.4, 0.5) is 0 Å². The molecule has 2 aliphatic heterocycles. The van der Waals surface area contributed by atoms with Crippen molar-refractivity contribution in [3.8, 4) is 0 Å². The van der Waals surface area contributed by atoms with Gasteiger partial charge in [-0.05, 0) is 39.2 Å². The Morgan fingerprint density at radius 2 is 1.94 bits per heavy atom. The molecule has 2 unspecified atom stereocenters. The van der Waals surface area contributed by atoms with E-state index in [1.165, 1.54) is 58.2 Å². The van der Waals surface area contributed by atoms with Crippen molar-refractivity contribution in [2.45, 2.75) is 63.1 Å². The van der Waals surface area contributed by atoms with Crippen molar-refractivity contribution in [3.05, 3.63) is 0 Å². The molecule has 3 rings (SSSR count). The van der Waals surface area contributed by atoms with Crippen LogP contribution in [-0.4, -0.2) is 53.6 Å². The summed E-state index contributed by atoms with van der Waals surface area (Å²) in [5, 5.41) is 0. The van der Waals surface area contributed by atoms with Gasteiger partial charge in [0.1, 0.15) is 0 Å². The summed E-state index contributed by atoms with van der Waals surface area (Å²) in [6.45, 7) is 7.15. The van der Waals surface area contributed by atoms with Crippen LogP contribution < -0.4 is 5.73 Å². The molecule has 2 saturated heterocycles. The predicted molar refractivity (Wildman–Crippen MR) is 71.0 cm³/mol. The van der Waals surface area contributed by atoms with Gasteiger partial charge in [0, 0.05) is 37.3 Å². The van der Waals surface area contributed by atoms with Crippen LogP contribution in [0.5, 0.6) is 0 Å². The Balaban J connectivity index is 1.77. The summed E-state index contributed by atoms with van der Waals surface area (Å²) in [7, 11) is 0. The maximum absolute atomic E-state index is 6.14. The first kappa shape index (κ1) is 11.9. The van der Waals surface area contributed by atoms with E-state index in [9.17, 15) is 0 Å². The highest BCUT2D eigenvalue weighted by atomic mass is 15.3. The van der Waals surface area contributed by atoms with Crippen LogP contribution in [0.3, 0.4) is 0 Å². The Hall–Kier alpha value is -0.120. The zero-order chi connectivity index (χ0) is 11.9. The second kappa shape index (κ2) is 4.52. The molecule has 0 radical (unpaired) electrons. The van der Waals surface area contributed by atoms with Gasteiger partial charge in [0.25, 0.3) is 0 Å². The summed E-state index contributed by atoms with van der Waals surface area (Å²) < 4.78 is 0. The molecule has 0 spiro atoms. The van der Waals surface area contributed by atoms with E-state index in [-0.39, 0.29) is 0 Å². The van der Waals surface area contributed by atoms with Crippen LogP contribution in [0.1, 0.15) is 45.4 Å². The molecule has 0 aromatic heterocycles. The molecule has 3 fully saturated rings. The SMILES string of the molecule is CC1CN2CCCC2CN1C1(CN)CCCC1. The lowest BCUT2D eigenvalue weighted by atomic mass is 9.91. The average molecular weight is 237 g/mol. The first-order valence-corrected chi connectivity index (χ1v) is 7.46. The fourth-order valence-corrected chi connectivity index (χ4v) is 4.49. The standard InChI is InChI=1S/C14H27N3/c1-12-9-16-8-4-5-13(16)10-17(12)14(11-15)6-2-3-7-14/h12-13H,2-11,15H2,1H3. The van der Waals surface area contributed by atoms with Crippen molar-refractivity contribution < 1.29 is 0 Å². The Morgan fingerprint density at radius 3 is 2.65 bits per heavy atom. The van der Waals surface area contributed by atoms with Crippen molar-refractivity contribution in [1.82, 2.24) is 9.80 Å². The molecule has 0 bridgehead atoms. The van der Waals surface area contributed by atoms with E-state index in [1.807, 2.05) is 0 Å². The Labute approximate surface area is 105 Å². The highest BCUT2D eigenvalue weighted by Crippen LogP contribution is 2.38. The summed E-state index contributed by atoms with van der Waals surface area (Å²) in [5.74, 6) is 0. The minimum atomic E-state index is 0.355. The van der Waals surface area contributed by atoms with Gasteiger partial charge in [-0.15, -0.1) is 0 Å². The lowest BCUT2D eigenvalue weighted by Gasteiger charge is -2.51. The number of piperazine rings is 1. The van der Waals surface area contributed by atoms with Gasteiger partial charge >= 0.3 is 0 Å². The normalized spacial score (nSPS) is 38.5. The summed E-state index contributed by atoms with van der Waals surface area (Å²) >= 11 is 0. The topological polar surface area (TPSA) is 32.5 Å². The Morgan fingerprint density at radius 1 is 1.18 bits per heavy atom. The molecule has 17 heavy (non-hydrogen) atoms. The first-order chi connectivity index (χ1) is 8.25. The molecular weight excluding hydrogens is 210 g/mol. The third kappa shape index (κ3) is 1.92. The number of nitrogens with two attached hydrogens (primary N) is 1. The second-order valence-corrected chi connectivity index (χ2v) is 6.43. The molecule has 2 N–H and O–H groups in total. The molecule has 2 heterocycles. The molecule has 3 heteroatoms. The maximum atomic E-state index is 6.14. The van der Waals surface area contributed by atoms with Gasteiger partial charge in [0.15, 0.2) is 0 Å². The minimum absolute atomic E-state index is 0.355. The predicted octanol–water partition coefficient (Wildman–Crippen LogP) is 1.43. The van der Waals surface area contributed by atoms with Gasteiger partial charge in [-0.1, -0.05) is 12.8 Å². The van der Waals surface area contributed by atoms with Gasteiger partial charge in [0.05, 0.1) is 0 Å². The summed E-state index contributed by atoms with van der Waals surface area (Å²) in [5.41, 5.74) is 6.50. The lowest BCUT2D eigenvalue weighted by molar-refractivity contribution is -0.0179. The summed E-state index contributed by atoms with van der Waals surface area (Å²) in [4.78, 5) is 5.49. The number of nitrogens with zero attached hydrogens (tertiary/aromatic N) is 2. The van der Waals surface area contributed by atoms with Gasteiger partial charge < -0.3 is 5.73 Å². The molecule has 3 nitrogen and oxygen atoms in total. The highest BCUT2D eigenvalue weighted by Gasteiger charge is 2.45. The minimum Gasteiger partial charge on any atom is -0.329 e. The molecule has 0 aromatic carbocycles. The third-order valence-electron chi connectivity index (χ3n) is 5.46. The van der Waals surface area contributed by atoms with Gasteiger partial charge in [0.2, 0.25) is 0 Å². The quantitative estimate of drug-likeness (QED) is 0.788. The van der Waals surface area contributed by atoms with Gasteiger partial charge in [-0.2, -0.15) is 0 Å². The molecule has 3 aliphatic rings. The smallest absolute Gasteiger partial charge is 0.0335 e. The second-order valence-electron chi connectivity index (χ2n) is 6.43. The van der Waals surface area contributed by atoms with E-state index in [4.69, 9.17) is 5.73 Å². The van der Waals surface area contributed by atoms with E-state index in [0.717, 1.165) is 12.6 Å². The van der Waals surface area contributed by atoms with E-state index in [2.05, 4.69) is 16.7 Å². The number of hydrogen-bond donors (Lipinski definition) is 1. The molecule has 1 aliphatic carbocycles. The number of hydrogen-bond acceptors (Lipinski definition) is 3. The molecule has 98 valence electrons. The van der Waals surface area contributed by atoms with Crippen molar-refractivity contribution >= 4 is 0 Å². The van der Waals surface area contributed by atoms with E-state index in [0.29, 0.717) is 11.6 Å². The van der Waals surface area contributed by atoms with Gasteiger partial charge in [-0.25, -0.2) is 0 Å². The van der Waals surface area contributed by atoms with Crippen molar-refractivity contribution in [2.75, 3.05) is 26.2 Å². The van der Waals surface area contributed by atoms with Crippen LogP contribution in [0.2, 0.25) is 0 Å². The Kier molecular flexibility index (Phi) is 3.18. The van der Waals surface area contributed by atoms with Crippen molar-refractivity contribution in [1.29, 1.82) is 0 Å². The van der Waals surface area contributed by atoms with Crippen LogP contribution in [0.25, 0.3) is 0 Å². The Bertz CT molecular complexity index is 273. The fourth-order valence-electron chi connectivity index (χ4n) is 4.49. The largest absolute Gasteiger partial charge is 0.329 e. The number of rotatable bonds is 2. The summed E-state index contributed by atoms with van der Waals surface area (Å²) in [6.07, 6.45) is 8.25. The van der Waals surface area contributed by atoms with Crippen LogP contribution in [0.15, 0.2) is 0 Å². The molecule has 0 amide bonds. The molecule has 1 saturated carbocycles. The maximum Gasteiger partial charge on any atom is 0.0335 e. The van der Waals surface area contributed by atoms with Crippen LogP contribution in [0, 0.1) is 0 Å².